The number of amides is 1. The molecule has 0 radical (unpaired) electrons. The molecule has 21 heavy (non-hydrogen) atoms. The molecular weight excluding hydrogens is 268 g/mol. The van der Waals surface area contributed by atoms with Crippen molar-refractivity contribution in [3.63, 3.8) is 0 Å². The number of carbonyl (C=O) groups excluding carboxylic acids is 1. The highest BCUT2D eigenvalue weighted by molar-refractivity contribution is 5.78. The van der Waals surface area contributed by atoms with Crippen LogP contribution in [0.4, 0.5) is 0 Å². The van der Waals surface area contributed by atoms with Crippen molar-refractivity contribution in [2.75, 3.05) is 32.8 Å². The van der Waals surface area contributed by atoms with Crippen LogP contribution >= 0.6 is 0 Å². The SMILES string of the molecule is CC1CN(CC(=O)NCCc2ccccc2)CC(CO)O1. The van der Waals surface area contributed by atoms with Gasteiger partial charge in [0.15, 0.2) is 0 Å². The van der Waals surface area contributed by atoms with Gasteiger partial charge in [0.05, 0.1) is 25.4 Å². The molecule has 2 atom stereocenters. The largest absolute Gasteiger partial charge is 0.394 e. The molecule has 1 aromatic carbocycles. The zero-order valence-corrected chi connectivity index (χ0v) is 12.5. The van der Waals surface area contributed by atoms with Crippen molar-refractivity contribution in [1.82, 2.24) is 10.2 Å². The van der Waals surface area contributed by atoms with Crippen LogP contribution in [0.2, 0.25) is 0 Å². The molecule has 0 spiro atoms. The Morgan fingerprint density at radius 3 is 2.86 bits per heavy atom. The highest BCUT2D eigenvalue weighted by Crippen LogP contribution is 2.10. The summed E-state index contributed by atoms with van der Waals surface area (Å²) in [7, 11) is 0. The minimum atomic E-state index is -0.189. The third kappa shape index (κ3) is 5.46. The Morgan fingerprint density at radius 1 is 1.38 bits per heavy atom. The fourth-order valence-corrected chi connectivity index (χ4v) is 2.62. The van der Waals surface area contributed by atoms with E-state index in [2.05, 4.69) is 17.4 Å². The molecule has 0 aromatic heterocycles. The maximum absolute atomic E-state index is 11.9. The first kappa shape index (κ1) is 15.9. The van der Waals surface area contributed by atoms with Crippen LogP contribution in [-0.4, -0.2) is 60.9 Å². The van der Waals surface area contributed by atoms with Crippen LogP contribution < -0.4 is 5.32 Å². The molecule has 1 fully saturated rings. The summed E-state index contributed by atoms with van der Waals surface area (Å²) in [5, 5.41) is 12.1. The molecule has 1 aromatic rings. The normalized spacial score (nSPS) is 23.0. The fraction of sp³-hybridized carbons (Fsp3) is 0.562. The van der Waals surface area contributed by atoms with Gasteiger partial charge >= 0.3 is 0 Å². The summed E-state index contributed by atoms with van der Waals surface area (Å²) in [6, 6.07) is 10.1. The molecule has 5 heteroatoms. The van der Waals surface area contributed by atoms with Gasteiger partial charge in [0.1, 0.15) is 0 Å². The second-order valence-electron chi connectivity index (χ2n) is 5.53. The predicted molar refractivity (Wildman–Crippen MR) is 81.0 cm³/mol. The zero-order valence-electron chi connectivity index (χ0n) is 12.5. The fourth-order valence-electron chi connectivity index (χ4n) is 2.62. The number of aliphatic hydroxyl groups excluding tert-OH is 1. The molecule has 1 saturated heterocycles. The van der Waals surface area contributed by atoms with E-state index in [1.807, 2.05) is 30.0 Å². The van der Waals surface area contributed by atoms with E-state index in [0.29, 0.717) is 19.6 Å². The Bertz CT molecular complexity index is 438. The van der Waals surface area contributed by atoms with Gasteiger partial charge in [0, 0.05) is 19.6 Å². The lowest BCUT2D eigenvalue weighted by Crippen LogP contribution is -2.51. The molecule has 1 aliphatic heterocycles. The highest BCUT2D eigenvalue weighted by Gasteiger charge is 2.25. The van der Waals surface area contributed by atoms with Gasteiger partial charge in [0.2, 0.25) is 5.91 Å². The summed E-state index contributed by atoms with van der Waals surface area (Å²) >= 11 is 0. The molecule has 116 valence electrons. The van der Waals surface area contributed by atoms with Crippen LogP contribution in [0.15, 0.2) is 30.3 Å². The van der Waals surface area contributed by atoms with Gasteiger partial charge in [-0.05, 0) is 18.9 Å². The molecule has 1 heterocycles. The van der Waals surface area contributed by atoms with Crippen LogP contribution in [0.3, 0.4) is 0 Å². The van der Waals surface area contributed by atoms with Crippen LogP contribution in [0, 0.1) is 0 Å². The van der Waals surface area contributed by atoms with E-state index in [-0.39, 0.29) is 24.7 Å². The van der Waals surface area contributed by atoms with Gasteiger partial charge in [0.25, 0.3) is 0 Å². The zero-order chi connectivity index (χ0) is 15.1. The lowest BCUT2D eigenvalue weighted by atomic mass is 10.1. The second-order valence-corrected chi connectivity index (χ2v) is 5.53. The number of hydrogen-bond donors (Lipinski definition) is 2. The third-order valence-corrected chi connectivity index (χ3v) is 3.55. The molecule has 2 rings (SSSR count). The van der Waals surface area contributed by atoms with Crippen LogP contribution in [-0.2, 0) is 16.0 Å². The van der Waals surface area contributed by atoms with Crippen molar-refractivity contribution in [3.8, 4) is 0 Å². The topological polar surface area (TPSA) is 61.8 Å². The number of aliphatic hydroxyl groups is 1. The summed E-state index contributed by atoms with van der Waals surface area (Å²) in [6.45, 7) is 4.29. The van der Waals surface area contributed by atoms with E-state index in [4.69, 9.17) is 4.74 Å². The van der Waals surface area contributed by atoms with Crippen LogP contribution in [0.25, 0.3) is 0 Å². The molecule has 0 aliphatic carbocycles. The Kier molecular flexibility index (Phi) is 6.17. The molecule has 5 nitrogen and oxygen atoms in total. The average molecular weight is 292 g/mol. The third-order valence-electron chi connectivity index (χ3n) is 3.55. The number of nitrogens with zero attached hydrogens (tertiary/aromatic N) is 1. The highest BCUT2D eigenvalue weighted by atomic mass is 16.5. The molecule has 0 bridgehead atoms. The predicted octanol–water partition coefficient (Wildman–Crippen LogP) is 0.427. The summed E-state index contributed by atoms with van der Waals surface area (Å²) in [4.78, 5) is 14.0. The van der Waals surface area contributed by atoms with Gasteiger partial charge in [-0.15, -0.1) is 0 Å². The molecule has 1 aliphatic rings. The molecule has 2 unspecified atom stereocenters. The van der Waals surface area contributed by atoms with Crippen molar-refractivity contribution in [1.29, 1.82) is 0 Å². The number of nitrogens with one attached hydrogen (secondary N) is 1. The average Bonchev–Trinajstić information content (AvgIpc) is 2.47. The van der Waals surface area contributed by atoms with Gasteiger partial charge in [-0.25, -0.2) is 0 Å². The van der Waals surface area contributed by atoms with E-state index < -0.39 is 0 Å². The van der Waals surface area contributed by atoms with Gasteiger partial charge in [-0.3, -0.25) is 9.69 Å². The van der Waals surface area contributed by atoms with Gasteiger partial charge in [-0.2, -0.15) is 0 Å². The van der Waals surface area contributed by atoms with Crippen LogP contribution in [0.5, 0.6) is 0 Å². The Morgan fingerprint density at radius 2 is 2.14 bits per heavy atom. The molecule has 2 N–H and O–H groups in total. The first-order valence-corrected chi connectivity index (χ1v) is 7.46. The Labute approximate surface area is 125 Å². The summed E-state index contributed by atoms with van der Waals surface area (Å²) in [6.07, 6.45) is 0.699. The Balaban J connectivity index is 1.69. The van der Waals surface area contributed by atoms with Crippen LogP contribution in [0.1, 0.15) is 12.5 Å². The molecule has 0 saturated carbocycles. The van der Waals surface area contributed by atoms with E-state index in [9.17, 15) is 9.90 Å². The summed E-state index contributed by atoms with van der Waals surface area (Å²) in [5.41, 5.74) is 1.22. The number of rotatable bonds is 6. The second kappa shape index (κ2) is 8.12. The van der Waals surface area contributed by atoms with E-state index in [1.165, 1.54) is 5.56 Å². The number of morpholine rings is 1. The van der Waals surface area contributed by atoms with Crippen molar-refractivity contribution in [2.45, 2.75) is 25.6 Å². The number of carbonyl (C=O) groups is 1. The van der Waals surface area contributed by atoms with E-state index in [0.717, 1.165) is 13.0 Å². The minimum absolute atomic E-state index is 0.00351. The van der Waals surface area contributed by atoms with E-state index in [1.54, 1.807) is 0 Å². The smallest absolute Gasteiger partial charge is 0.234 e. The van der Waals surface area contributed by atoms with Crippen molar-refractivity contribution in [3.05, 3.63) is 35.9 Å². The van der Waals surface area contributed by atoms with Gasteiger partial charge < -0.3 is 15.2 Å². The first-order chi connectivity index (χ1) is 10.2. The number of hydrogen-bond acceptors (Lipinski definition) is 4. The van der Waals surface area contributed by atoms with Crippen molar-refractivity contribution in [2.24, 2.45) is 0 Å². The van der Waals surface area contributed by atoms with Gasteiger partial charge in [-0.1, -0.05) is 30.3 Å². The monoisotopic (exact) mass is 292 g/mol. The standard InChI is InChI=1S/C16H24N2O3/c1-13-9-18(10-15(12-19)21-13)11-16(20)17-8-7-14-5-3-2-4-6-14/h2-6,13,15,19H,7-12H2,1H3,(H,17,20). The number of benzene rings is 1. The maximum Gasteiger partial charge on any atom is 0.234 e. The van der Waals surface area contributed by atoms with Crippen molar-refractivity contribution < 1.29 is 14.6 Å². The Hall–Kier alpha value is -1.43. The van der Waals surface area contributed by atoms with E-state index >= 15 is 0 Å². The first-order valence-electron chi connectivity index (χ1n) is 7.46. The minimum Gasteiger partial charge on any atom is -0.394 e. The summed E-state index contributed by atoms with van der Waals surface area (Å²) < 4.78 is 5.56. The number of ether oxygens (including phenoxy) is 1. The molecular formula is C16H24N2O3. The quantitative estimate of drug-likeness (QED) is 0.798. The maximum atomic E-state index is 11.9. The lowest BCUT2D eigenvalue weighted by Gasteiger charge is -2.35. The summed E-state index contributed by atoms with van der Waals surface area (Å²) in [5.74, 6) is 0.0247. The van der Waals surface area contributed by atoms with Crippen molar-refractivity contribution >= 4 is 5.91 Å². The molecule has 1 amide bonds. The lowest BCUT2D eigenvalue weighted by molar-refractivity contribution is -0.128.